The van der Waals surface area contributed by atoms with Crippen molar-refractivity contribution in [2.45, 2.75) is 55.6 Å². The minimum atomic E-state index is -3.90. The zero-order valence-electron chi connectivity index (χ0n) is 26.4. The van der Waals surface area contributed by atoms with Gasteiger partial charge < -0.3 is 25.2 Å². The van der Waals surface area contributed by atoms with Crippen LogP contribution in [0.25, 0.3) is 10.2 Å². The van der Waals surface area contributed by atoms with E-state index in [2.05, 4.69) is 20.5 Å². The van der Waals surface area contributed by atoms with Crippen molar-refractivity contribution in [3.63, 3.8) is 0 Å². The van der Waals surface area contributed by atoms with Crippen LogP contribution in [-0.4, -0.2) is 94.7 Å². The van der Waals surface area contributed by atoms with E-state index in [0.29, 0.717) is 50.0 Å². The molecule has 2 N–H and O–H groups in total. The molecule has 0 aliphatic carbocycles. The van der Waals surface area contributed by atoms with Crippen LogP contribution in [0.4, 0.5) is 15.2 Å². The SMILES string of the molecule is CN(C)CCN(c1cc(F)c2nc(NC(=O)C3CCN(CCNC(=O)CCCCCCC=O)CC3)sc2c1)S(=O)(=O)c1cccs1. The molecule has 1 aliphatic heterocycles. The second kappa shape index (κ2) is 17.3. The largest absolute Gasteiger partial charge is 0.355 e. The van der Waals surface area contributed by atoms with Crippen LogP contribution in [0.2, 0.25) is 0 Å². The third-order valence-electron chi connectivity index (χ3n) is 7.93. The summed E-state index contributed by atoms with van der Waals surface area (Å²) < 4.78 is 44.1. The number of carbonyl (C=O) groups is 3. The Morgan fingerprint density at radius 2 is 1.89 bits per heavy atom. The third kappa shape index (κ3) is 10.0. The fourth-order valence-corrected chi connectivity index (χ4v) is 8.77. The fourth-order valence-electron chi connectivity index (χ4n) is 5.31. The minimum absolute atomic E-state index is 0.0365. The first kappa shape index (κ1) is 35.9. The van der Waals surface area contributed by atoms with Gasteiger partial charge in [-0.1, -0.05) is 30.2 Å². The van der Waals surface area contributed by atoms with Crippen molar-refractivity contribution in [3.05, 3.63) is 35.5 Å². The molecule has 46 heavy (non-hydrogen) atoms. The Morgan fingerprint density at radius 1 is 1.13 bits per heavy atom. The van der Waals surface area contributed by atoms with Gasteiger partial charge in [-0.05, 0) is 70.4 Å². The zero-order valence-corrected chi connectivity index (χ0v) is 28.8. The van der Waals surface area contributed by atoms with Gasteiger partial charge in [0.15, 0.2) is 10.9 Å². The molecule has 252 valence electrons. The van der Waals surface area contributed by atoms with Gasteiger partial charge in [0.25, 0.3) is 10.0 Å². The maximum Gasteiger partial charge on any atom is 0.273 e. The number of benzene rings is 1. The van der Waals surface area contributed by atoms with Crippen LogP contribution < -0.4 is 14.9 Å². The normalized spacial score (nSPS) is 14.5. The van der Waals surface area contributed by atoms with E-state index in [-0.39, 0.29) is 44.8 Å². The van der Waals surface area contributed by atoms with Crippen molar-refractivity contribution >= 4 is 71.8 Å². The molecule has 0 unspecified atom stereocenters. The molecule has 0 spiro atoms. The van der Waals surface area contributed by atoms with Gasteiger partial charge in [-0.2, -0.15) is 0 Å². The summed E-state index contributed by atoms with van der Waals surface area (Å²) in [6.45, 7) is 3.30. The number of fused-ring (bicyclic) bond motifs is 1. The van der Waals surface area contributed by atoms with Gasteiger partial charge in [0, 0.05) is 51.0 Å². The van der Waals surface area contributed by atoms with E-state index in [0.717, 1.165) is 67.7 Å². The van der Waals surface area contributed by atoms with Crippen molar-refractivity contribution in [1.29, 1.82) is 0 Å². The Labute approximate surface area is 278 Å². The summed E-state index contributed by atoms with van der Waals surface area (Å²) in [6.07, 6.45) is 6.91. The van der Waals surface area contributed by atoms with Crippen LogP contribution >= 0.6 is 22.7 Å². The van der Waals surface area contributed by atoms with Gasteiger partial charge in [0.2, 0.25) is 11.8 Å². The van der Waals surface area contributed by atoms with Crippen molar-refractivity contribution in [2.75, 3.05) is 63.0 Å². The highest BCUT2D eigenvalue weighted by molar-refractivity contribution is 7.94. The van der Waals surface area contributed by atoms with Crippen molar-refractivity contribution < 1.29 is 27.2 Å². The molecule has 0 saturated carbocycles. The first-order valence-corrected chi connectivity index (χ1v) is 18.8. The molecule has 11 nitrogen and oxygen atoms in total. The second-order valence-corrected chi connectivity index (χ2v) is 15.7. The van der Waals surface area contributed by atoms with Crippen LogP contribution in [0, 0.1) is 11.7 Å². The summed E-state index contributed by atoms with van der Waals surface area (Å²) in [5, 5.41) is 7.77. The van der Waals surface area contributed by atoms with Crippen LogP contribution in [0.1, 0.15) is 51.4 Å². The monoisotopic (exact) mass is 694 g/mol. The number of rotatable bonds is 18. The lowest BCUT2D eigenvalue weighted by Crippen LogP contribution is -2.41. The lowest BCUT2D eigenvalue weighted by atomic mass is 9.96. The molecule has 3 heterocycles. The Morgan fingerprint density at radius 3 is 2.59 bits per heavy atom. The van der Waals surface area contributed by atoms with Crippen LogP contribution in [-0.2, 0) is 24.4 Å². The number of unbranched alkanes of at least 4 members (excludes halogenated alkanes) is 4. The zero-order chi connectivity index (χ0) is 33.1. The molecule has 0 bridgehead atoms. The van der Waals surface area contributed by atoms with Gasteiger partial charge in [-0.15, -0.1) is 11.3 Å². The molecule has 0 radical (unpaired) electrons. The second-order valence-electron chi connectivity index (χ2n) is 11.7. The maximum atomic E-state index is 15.3. The quantitative estimate of drug-likeness (QED) is 0.146. The molecule has 2 aromatic heterocycles. The molecule has 15 heteroatoms. The number of sulfonamides is 1. The van der Waals surface area contributed by atoms with Gasteiger partial charge >= 0.3 is 0 Å². The Balaban J connectivity index is 1.29. The molecule has 1 aromatic carbocycles. The van der Waals surface area contributed by atoms with E-state index in [9.17, 15) is 22.8 Å². The summed E-state index contributed by atoms with van der Waals surface area (Å²) in [4.78, 5) is 43.9. The average Bonchev–Trinajstić information content (AvgIpc) is 3.70. The Bertz CT molecular complexity index is 1560. The number of anilines is 2. The van der Waals surface area contributed by atoms with Gasteiger partial charge in [0.05, 0.1) is 10.4 Å². The number of piperidine rings is 1. The number of amides is 2. The number of likely N-dealkylation sites (N-methyl/N-ethyl adjacent to an activating group) is 1. The van der Waals surface area contributed by atoms with Gasteiger partial charge in [-0.25, -0.2) is 17.8 Å². The van der Waals surface area contributed by atoms with E-state index in [1.807, 2.05) is 19.0 Å². The molecule has 2 amide bonds. The van der Waals surface area contributed by atoms with E-state index in [1.165, 1.54) is 16.4 Å². The lowest BCUT2D eigenvalue weighted by molar-refractivity contribution is -0.121. The highest BCUT2D eigenvalue weighted by atomic mass is 32.2. The average molecular weight is 695 g/mol. The minimum Gasteiger partial charge on any atom is -0.355 e. The van der Waals surface area contributed by atoms with E-state index in [1.54, 1.807) is 17.5 Å². The standard InChI is InChI=1S/C31H43FN6O5S3/c1-36(2)17-18-38(46(42,43)28-10-8-20-44-28)24-21-25(32)29-26(22-24)45-31(34-29)35-30(41)23-11-14-37(15-12-23)16-13-33-27(40)9-6-4-3-5-7-19-39/h8,10,19-23H,3-7,9,11-18H2,1-2H3,(H,33,40)(H,34,35,41). The van der Waals surface area contributed by atoms with Crippen molar-refractivity contribution in [3.8, 4) is 0 Å². The highest BCUT2D eigenvalue weighted by Gasteiger charge is 2.29. The molecular weight excluding hydrogens is 652 g/mol. The van der Waals surface area contributed by atoms with Crippen LogP contribution in [0.3, 0.4) is 0 Å². The predicted octanol–water partition coefficient (Wildman–Crippen LogP) is 4.56. The molecule has 1 fully saturated rings. The first-order valence-electron chi connectivity index (χ1n) is 15.6. The predicted molar refractivity (Wildman–Crippen MR) is 182 cm³/mol. The van der Waals surface area contributed by atoms with Gasteiger partial charge in [-0.3, -0.25) is 13.9 Å². The molecule has 1 saturated heterocycles. The molecule has 1 aliphatic rings. The number of hydrogen-bond acceptors (Lipinski definition) is 10. The summed E-state index contributed by atoms with van der Waals surface area (Å²) in [5.41, 5.74) is 0.288. The molecule has 4 rings (SSSR count). The van der Waals surface area contributed by atoms with Crippen LogP contribution in [0.15, 0.2) is 33.9 Å². The number of hydrogen-bond donors (Lipinski definition) is 2. The number of aldehydes is 1. The van der Waals surface area contributed by atoms with Gasteiger partial charge in [0.1, 0.15) is 16.0 Å². The smallest absolute Gasteiger partial charge is 0.273 e. The summed E-state index contributed by atoms with van der Waals surface area (Å²) in [6, 6.07) is 5.99. The van der Waals surface area contributed by atoms with Crippen molar-refractivity contribution in [1.82, 2.24) is 20.1 Å². The summed E-state index contributed by atoms with van der Waals surface area (Å²) in [7, 11) is -0.222. The Hall–Kier alpha value is -2.98. The van der Waals surface area contributed by atoms with Crippen LogP contribution in [0.5, 0.6) is 0 Å². The number of aromatic nitrogens is 1. The summed E-state index contributed by atoms with van der Waals surface area (Å²) in [5.74, 6) is -1.01. The number of likely N-dealkylation sites (tertiary alicyclic amines) is 1. The first-order chi connectivity index (χ1) is 22.1. The van der Waals surface area contributed by atoms with E-state index in [4.69, 9.17) is 0 Å². The number of carbonyl (C=O) groups excluding carboxylic acids is 3. The number of thiophene rings is 1. The number of thiazole rings is 1. The number of nitrogens with one attached hydrogen (secondary N) is 2. The molecular formula is C31H43FN6O5S3. The van der Waals surface area contributed by atoms with E-state index < -0.39 is 15.8 Å². The highest BCUT2D eigenvalue weighted by Crippen LogP contribution is 2.35. The molecule has 3 aromatic rings. The summed E-state index contributed by atoms with van der Waals surface area (Å²) >= 11 is 2.22. The van der Waals surface area contributed by atoms with Crippen molar-refractivity contribution in [2.24, 2.45) is 5.92 Å². The van der Waals surface area contributed by atoms with E-state index >= 15 is 4.39 Å². The Kier molecular flexibility index (Phi) is 13.5. The number of nitrogens with zero attached hydrogens (tertiary/aromatic N) is 4. The fraction of sp³-hybridized carbons (Fsp3) is 0.548. The molecule has 0 atom stereocenters. The topological polar surface area (TPSA) is 132 Å². The number of halogens is 1. The third-order valence-corrected chi connectivity index (χ3v) is 12.0. The maximum absolute atomic E-state index is 15.3. The lowest BCUT2D eigenvalue weighted by Gasteiger charge is -2.31.